The number of fused-ring (bicyclic) bond motifs is 4. The summed E-state index contributed by atoms with van der Waals surface area (Å²) in [6, 6.07) is 148. The van der Waals surface area contributed by atoms with Gasteiger partial charge < -0.3 is 19.9 Å². The number of rotatable bonds is 16. The zero-order valence-corrected chi connectivity index (χ0v) is 72.3. The Bertz CT molecular complexity index is 7310. The third-order valence-corrected chi connectivity index (χ3v) is 30.1. The molecule has 2 aromatic heterocycles. The van der Waals surface area contributed by atoms with Crippen molar-refractivity contribution in [2.75, 3.05) is 0 Å². The first-order valence-electron chi connectivity index (χ1n) is 42.1. The van der Waals surface area contributed by atoms with Crippen LogP contribution in [0.25, 0.3) is 145 Å². The summed E-state index contributed by atoms with van der Waals surface area (Å²) in [5.41, 5.74) is 13.4. The number of nitrogens with zero attached hydrogens (tertiary/aromatic N) is 6. The van der Waals surface area contributed by atoms with Gasteiger partial charge in [0.05, 0.1) is 11.2 Å². The predicted octanol–water partition coefficient (Wildman–Crippen LogP) is 25.4. The Kier molecular flexibility index (Phi) is 22.7. The van der Waals surface area contributed by atoms with Crippen LogP contribution in [-0.2, 0) is 18.4 Å². The predicted molar refractivity (Wildman–Crippen MR) is 526 cm³/mol. The van der Waals surface area contributed by atoms with E-state index in [0.717, 1.165) is 147 Å². The Morgan fingerprint density at radius 2 is 0.452 bits per heavy atom. The molecular weight excluding hydrogens is 1600 g/mol. The molecule has 21 rings (SSSR count). The quantitative estimate of drug-likeness (QED) is 0.0681. The molecule has 3 heterocycles. The fourth-order valence-electron chi connectivity index (χ4n) is 16.2. The van der Waals surface area contributed by atoms with E-state index in [9.17, 15) is 0 Å². The highest BCUT2D eigenvalue weighted by atomic mass is 35.5. The maximum absolute atomic E-state index is 15.8. The van der Waals surface area contributed by atoms with Crippen LogP contribution < -0.4 is 37.3 Å². The fourth-order valence-corrected chi connectivity index (χ4v) is 21.7. The lowest BCUT2D eigenvalue weighted by molar-refractivity contribution is 0.00578. The van der Waals surface area contributed by atoms with Crippen molar-refractivity contribution in [3.63, 3.8) is 0 Å². The molecule has 10 nitrogen and oxygen atoms in total. The van der Waals surface area contributed by atoms with Gasteiger partial charge in [-0.05, 0) is 163 Å². The van der Waals surface area contributed by atoms with E-state index in [1.165, 1.54) is 5.56 Å². The van der Waals surface area contributed by atoms with E-state index in [-0.39, 0.29) is 6.71 Å². The topological polar surface area (TPSA) is 130 Å². The minimum absolute atomic E-state index is 0. The number of aromatic nitrogens is 6. The maximum Gasteiger partial charge on any atom is 0.494 e. The van der Waals surface area contributed by atoms with Crippen molar-refractivity contribution >= 4 is 113 Å². The molecule has 0 amide bonds. The summed E-state index contributed by atoms with van der Waals surface area (Å²) in [6.07, 6.45) is 0. The molecule has 0 unspecified atom stereocenters. The second-order valence-electron chi connectivity index (χ2n) is 32.4. The zero-order chi connectivity index (χ0) is 85.8. The van der Waals surface area contributed by atoms with Gasteiger partial charge in [0.25, 0.3) is 0 Å². The Labute approximate surface area is 740 Å². The third kappa shape index (κ3) is 16.9. The van der Waals surface area contributed by atoms with Gasteiger partial charge in [0.2, 0.25) is 5.28 Å². The zero-order valence-electron chi connectivity index (χ0n) is 70.7. The van der Waals surface area contributed by atoms with Crippen LogP contribution in [0, 0.1) is 0 Å². The minimum atomic E-state index is -3.27. The van der Waals surface area contributed by atoms with Crippen molar-refractivity contribution in [3.05, 3.63) is 442 Å². The summed E-state index contributed by atoms with van der Waals surface area (Å²) in [4.78, 5) is 28.1. The lowest BCUT2D eigenvalue weighted by atomic mass is 9.78. The molecule has 0 N–H and O–H groups in total. The van der Waals surface area contributed by atoms with Gasteiger partial charge in [0.1, 0.15) is 0 Å². The van der Waals surface area contributed by atoms with E-state index in [2.05, 4.69) is 249 Å². The van der Waals surface area contributed by atoms with E-state index < -0.39 is 32.6 Å². The van der Waals surface area contributed by atoms with Gasteiger partial charge in [-0.2, -0.15) is 9.97 Å². The highest BCUT2D eigenvalue weighted by Gasteiger charge is 2.52. The van der Waals surface area contributed by atoms with Gasteiger partial charge in [-0.15, -0.1) is 0 Å². The Morgan fingerprint density at radius 1 is 0.222 bits per heavy atom. The molecule has 0 spiro atoms. The molecule has 14 heteroatoms. The summed E-state index contributed by atoms with van der Waals surface area (Å²) < 4.78 is 43.8. The first-order valence-corrected chi connectivity index (χ1v) is 45.9. The number of hydrogen-bond donors (Lipinski definition) is 0. The standard InChI is InChI=1S/C53H36N3OP.C38H34BO3P.C21H14ClN3.H/c57-58(49-32-28-38-14-7-9-18-45(38)35-49,50-33-29-39-15-8-10-19-46(39)36-50)48-30-26-41(27-31-48)44-20-11-21-47(34-44)53-55-51(42-16-5-2-6-17-42)54-52(56-53)43-24-22-40(23-25-43)37-12-3-1-4-13-37;1-37(2)38(3,4)42-39(41-37)33-15-9-14-30(24-33)29-16-20-34(21-17-29)43(40,35-22-18-27-10-5-7-12-31(27)25-35)36-23-19-28-11-6-8-13-32(28)26-36;22-21-24-19(17-9-5-2-6-10-17)23-20(25-21)18-13-11-16(12-14-18)15-7-3-1-4-8-15;/h1-36H;5-26H,1-4H3;1-14H;/q;;;-1/i;;;1+1. The molecule has 1 aliphatic rings. The molecule has 0 bridgehead atoms. The normalized spacial score (nSPS) is 12.9. The molecule has 1 aliphatic heterocycles. The molecule has 20 aromatic rings. The largest absolute Gasteiger partial charge is 1.00 e. The van der Waals surface area contributed by atoms with Gasteiger partial charge in [-0.1, -0.05) is 406 Å². The molecule has 0 radical (unpaired) electrons. The third-order valence-electron chi connectivity index (χ3n) is 23.9. The summed E-state index contributed by atoms with van der Waals surface area (Å²) in [6.45, 7) is 8.27. The second-order valence-corrected chi connectivity index (χ2v) is 38.3. The van der Waals surface area contributed by atoms with Crippen molar-refractivity contribution < 1.29 is 19.9 Å². The highest BCUT2D eigenvalue weighted by molar-refractivity contribution is 7.85. The number of hydrogen-bond acceptors (Lipinski definition) is 10. The van der Waals surface area contributed by atoms with E-state index in [0.29, 0.717) is 29.1 Å². The van der Waals surface area contributed by atoms with Crippen molar-refractivity contribution in [1.29, 1.82) is 0 Å². The van der Waals surface area contributed by atoms with Crippen LogP contribution in [0.2, 0.25) is 5.28 Å². The van der Waals surface area contributed by atoms with Crippen LogP contribution in [0.3, 0.4) is 0 Å². The highest BCUT2D eigenvalue weighted by Crippen LogP contribution is 2.47. The smallest absolute Gasteiger partial charge is 0.494 e. The number of halogens is 1. The molecule has 0 saturated carbocycles. The van der Waals surface area contributed by atoms with Crippen molar-refractivity contribution in [2.45, 2.75) is 38.9 Å². The maximum atomic E-state index is 15.8. The van der Waals surface area contributed by atoms with Gasteiger partial charge in [0.15, 0.2) is 43.4 Å². The SMILES string of the molecule is CC1(C)OB(c2cccc(-c3ccc(P(=O)(c4ccc5ccccc5c4)c4ccc5ccccc5c4)cc3)c2)OC1(C)C.Clc1nc(-c2ccccc2)nc(-c2ccc(-c3ccccc3)cc2)n1.O=P(c1ccc(-c2cccc(-c3nc(-c4ccccc4)nc(-c4ccc(-c5ccccc5)cc4)n3)c2)cc1)(c1ccc2ccccc2c1)c1ccc2ccccc2c1.[2H-]. The summed E-state index contributed by atoms with van der Waals surface area (Å²) in [5.74, 6) is 2.95. The van der Waals surface area contributed by atoms with Crippen molar-refractivity contribution in [3.8, 4) is 101 Å². The molecule has 0 atom stereocenters. The van der Waals surface area contributed by atoms with Crippen LogP contribution in [0.5, 0.6) is 0 Å². The summed E-state index contributed by atoms with van der Waals surface area (Å²) >= 11 is 6.11. The summed E-state index contributed by atoms with van der Waals surface area (Å²) in [5, 5.41) is 13.9. The van der Waals surface area contributed by atoms with E-state index in [4.69, 9.17) is 35.9 Å². The molecule has 126 heavy (non-hydrogen) atoms. The van der Waals surface area contributed by atoms with E-state index >= 15 is 9.13 Å². The van der Waals surface area contributed by atoms with Crippen LogP contribution in [0.1, 0.15) is 29.1 Å². The molecular formula is C112H85BClN6O4P2-. The fraction of sp³-hybridized carbons (Fsp3) is 0.0536. The average Bonchev–Trinajstić information content (AvgIpc) is 1.44. The van der Waals surface area contributed by atoms with E-state index in [1.54, 1.807) is 0 Å². The monoisotopic (exact) mass is 1690 g/mol. The van der Waals surface area contributed by atoms with Gasteiger partial charge in [-0.25, -0.2) is 19.9 Å². The lowest BCUT2D eigenvalue weighted by Gasteiger charge is -2.32. The van der Waals surface area contributed by atoms with Gasteiger partial charge >= 0.3 is 7.12 Å². The second kappa shape index (κ2) is 35.2. The van der Waals surface area contributed by atoms with Crippen LogP contribution >= 0.6 is 25.9 Å². The molecule has 1 fully saturated rings. The van der Waals surface area contributed by atoms with Crippen LogP contribution in [-0.4, -0.2) is 48.2 Å². The lowest BCUT2D eigenvalue weighted by Crippen LogP contribution is -2.41. The van der Waals surface area contributed by atoms with Gasteiger partial charge in [0, 0.05) is 59.6 Å². The van der Waals surface area contributed by atoms with Crippen molar-refractivity contribution in [1.82, 2.24) is 29.9 Å². The first-order chi connectivity index (χ1) is 61.5. The number of benzene rings is 18. The summed E-state index contributed by atoms with van der Waals surface area (Å²) in [7, 11) is -6.89. The molecule has 608 valence electrons. The van der Waals surface area contributed by atoms with Crippen LogP contribution in [0.4, 0.5) is 0 Å². The molecule has 0 aliphatic carbocycles. The van der Waals surface area contributed by atoms with Crippen molar-refractivity contribution in [2.24, 2.45) is 0 Å². The van der Waals surface area contributed by atoms with E-state index in [1.807, 2.05) is 231 Å². The minimum Gasteiger partial charge on any atom is -1.00 e. The van der Waals surface area contributed by atoms with Gasteiger partial charge in [-0.3, -0.25) is 0 Å². The van der Waals surface area contributed by atoms with Crippen LogP contribution in [0.15, 0.2) is 437 Å². The first kappa shape index (κ1) is 81.4. The Hall–Kier alpha value is -14.2. The molecule has 18 aromatic carbocycles. The Morgan fingerprint density at radius 3 is 0.802 bits per heavy atom. The average molecular weight is 1690 g/mol. The Balaban J connectivity index is 0.000000139. The molecule has 1 saturated heterocycles.